The molecule has 1 saturated carbocycles. The average Bonchev–Trinajstić information content (AvgIpc) is 2.96. The Morgan fingerprint density at radius 2 is 1.92 bits per heavy atom. The maximum atomic E-state index is 5.85. The summed E-state index contributed by atoms with van der Waals surface area (Å²) in [7, 11) is 2.09. The summed E-state index contributed by atoms with van der Waals surface area (Å²) in [6, 6.07) is 6.25. The van der Waals surface area contributed by atoms with Gasteiger partial charge in [-0.05, 0) is 49.9 Å². The largest absolute Gasteiger partial charge is 0.493 e. The van der Waals surface area contributed by atoms with Crippen molar-refractivity contribution in [3.8, 4) is 5.75 Å². The molecule has 1 heterocycles. The van der Waals surface area contributed by atoms with Crippen LogP contribution in [0.2, 0.25) is 0 Å². The molecule has 4 nitrogen and oxygen atoms in total. The van der Waals surface area contributed by atoms with Gasteiger partial charge in [-0.3, -0.25) is 0 Å². The van der Waals surface area contributed by atoms with Crippen LogP contribution in [0.15, 0.2) is 23.4 Å². The molecule has 0 unspecified atom stereocenters. The molecule has 1 aromatic carbocycles. The summed E-state index contributed by atoms with van der Waals surface area (Å²) < 4.78 is 8.03. The van der Waals surface area contributed by atoms with E-state index in [4.69, 9.17) is 4.74 Å². The minimum atomic E-state index is 0.595. The molecule has 24 heavy (non-hydrogen) atoms. The van der Waals surface area contributed by atoms with Crippen molar-refractivity contribution in [2.24, 2.45) is 7.05 Å². The standard InChI is InChI=1S/C19H27N3OS/c1-14-9-10-17(13-15(14)2)23-11-12-24-19-21-20-18(22(19)3)16-7-5-4-6-8-16/h9-10,13,16H,4-8,11-12H2,1-3H3. The summed E-state index contributed by atoms with van der Waals surface area (Å²) in [6.45, 7) is 4.91. The molecule has 0 saturated heterocycles. The highest BCUT2D eigenvalue weighted by Crippen LogP contribution is 2.32. The van der Waals surface area contributed by atoms with Crippen LogP contribution in [0.1, 0.15) is 55.0 Å². The minimum Gasteiger partial charge on any atom is -0.493 e. The van der Waals surface area contributed by atoms with Crippen LogP contribution in [-0.2, 0) is 7.05 Å². The van der Waals surface area contributed by atoms with E-state index in [1.54, 1.807) is 11.8 Å². The van der Waals surface area contributed by atoms with Gasteiger partial charge in [0, 0.05) is 18.7 Å². The lowest BCUT2D eigenvalue weighted by atomic mass is 9.89. The van der Waals surface area contributed by atoms with Crippen molar-refractivity contribution in [3.05, 3.63) is 35.2 Å². The topological polar surface area (TPSA) is 39.9 Å². The van der Waals surface area contributed by atoms with Crippen LogP contribution in [0.5, 0.6) is 5.75 Å². The van der Waals surface area contributed by atoms with Gasteiger partial charge in [0.1, 0.15) is 11.6 Å². The Hall–Kier alpha value is -1.49. The van der Waals surface area contributed by atoms with E-state index in [-0.39, 0.29) is 0 Å². The molecule has 130 valence electrons. The van der Waals surface area contributed by atoms with Crippen molar-refractivity contribution >= 4 is 11.8 Å². The molecule has 1 fully saturated rings. The van der Waals surface area contributed by atoms with Crippen molar-refractivity contribution in [1.29, 1.82) is 0 Å². The predicted molar refractivity (Wildman–Crippen MR) is 99.0 cm³/mol. The van der Waals surface area contributed by atoms with Crippen molar-refractivity contribution in [3.63, 3.8) is 0 Å². The first-order valence-corrected chi connectivity index (χ1v) is 9.86. The molecular weight excluding hydrogens is 318 g/mol. The lowest BCUT2D eigenvalue weighted by Crippen LogP contribution is -2.10. The number of benzene rings is 1. The smallest absolute Gasteiger partial charge is 0.191 e. The summed E-state index contributed by atoms with van der Waals surface area (Å²) in [4.78, 5) is 0. The Kier molecular flexibility index (Phi) is 5.82. The highest BCUT2D eigenvalue weighted by molar-refractivity contribution is 7.99. The maximum Gasteiger partial charge on any atom is 0.191 e. The molecule has 1 aliphatic carbocycles. The van der Waals surface area contributed by atoms with Crippen LogP contribution in [0, 0.1) is 13.8 Å². The quantitative estimate of drug-likeness (QED) is 0.564. The van der Waals surface area contributed by atoms with Crippen LogP contribution in [-0.4, -0.2) is 27.1 Å². The summed E-state index contributed by atoms with van der Waals surface area (Å²) in [5.74, 6) is 3.58. The number of nitrogens with zero attached hydrogens (tertiary/aromatic N) is 3. The highest BCUT2D eigenvalue weighted by Gasteiger charge is 2.21. The van der Waals surface area contributed by atoms with E-state index in [1.807, 2.05) is 6.07 Å². The number of aryl methyl sites for hydroxylation is 2. The third-order valence-electron chi connectivity index (χ3n) is 4.90. The lowest BCUT2D eigenvalue weighted by molar-refractivity contribution is 0.343. The minimum absolute atomic E-state index is 0.595. The molecule has 1 aromatic heterocycles. The number of hydrogen-bond donors (Lipinski definition) is 0. The van der Waals surface area contributed by atoms with E-state index in [2.05, 4.69) is 47.8 Å². The molecule has 2 aromatic rings. The average molecular weight is 346 g/mol. The predicted octanol–water partition coefficient (Wildman–Crippen LogP) is 4.65. The van der Waals surface area contributed by atoms with Gasteiger partial charge in [-0.25, -0.2) is 0 Å². The zero-order valence-corrected chi connectivity index (χ0v) is 15.7. The molecule has 0 spiro atoms. The number of thioether (sulfide) groups is 1. The number of hydrogen-bond acceptors (Lipinski definition) is 4. The first-order valence-electron chi connectivity index (χ1n) is 8.87. The molecule has 5 heteroatoms. The van der Waals surface area contributed by atoms with Gasteiger partial charge >= 0.3 is 0 Å². The van der Waals surface area contributed by atoms with Gasteiger partial charge in [0.05, 0.1) is 6.61 Å². The Morgan fingerprint density at radius 3 is 2.67 bits per heavy atom. The molecular formula is C19H27N3OS. The van der Waals surface area contributed by atoms with E-state index in [9.17, 15) is 0 Å². The fourth-order valence-electron chi connectivity index (χ4n) is 3.26. The van der Waals surface area contributed by atoms with Crippen molar-refractivity contribution in [2.45, 2.75) is 57.0 Å². The molecule has 0 radical (unpaired) electrons. The van der Waals surface area contributed by atoms with Gasteiger partial charge < -0.3 is 9.30 Å². The van der Waals surface area contributed by atoms with Crippen molar-refractivity contribution in [1.82, 2.24) is 14.8 Å². The summed E-state index contributed by atoms with van der Waals surface area (Å²) >= 11 is 1.72. The normalized spacial score (nSPS) is 15.6. The molecule has 0 bridgehead atoms. The van der Waals surface area contributed by atoms with E-state index in [1.165, 1.54) is 43.2 Å². The fraction of sp³-hybridized carbons (Fsp3) is 0.579. The zero-order chi connectivity index (χ0) is 16.9. The van der Waals surface area contributed by atoms with Gasteiger partial charge in [-0.15, -0.1) is 10.2 Å². The van der Waals surface area contributed by atoms with Crippen LogP contribution < -0.4 is 4.74 Å². The Bertz CT molecular complexity index is 677. The van der Waals surface area contributed by atoms with E-state index >= 15 is 0 Å². The molecule has 1 aliphatic rings. The maximum absolute atomic E-state index is 5.85. The number of rotatable bonds is 6. The Morgan fingerprint density at radius 1 is 1.12 bits per heavy atom. The van der Waals surface area contributed by atoms with Gasteiger partial charge in [0.2, 0.25) is 0 Å². The SMILES string of the molecule is Cc1ccc(OCCSc2nnc(C3CCCCC3)n2C)cc1C. The molecule has 3 rings (SSSR count). The number of aromatic nitrogens is 3. The third-order valence-corrected chi connectivity index (χ3v) is 5.89. The van der Waals surface area contributed by atoms with Crippen LogP contribution in [0.25, 0.3) is 0 Å². The monoisotopic (exact) mass is 345 g/mol. The summed E-state index contributed by atoms with van der Waals surface area (Å²) in [5.41, 5.74) is 2.57. The summed E-state index contributed by atoms with van der Waals surface area (Å²) in [5, 5.41) is 9.83. The second-order valence-corrected chi connectivity index (χ2v) is 7.74. The Balaban J connectivity index is 1.50. The zero-order valence-electron chi connectivity index (χ0n) is 14.9. The van der Waals surface area contributed by atoms with Crippen molar-refractivity contribution in [2.75, 3.05) is 12.4 Å². The molecule has 0 aliphatic heterocycles. The lowest BCUT2D eigenvalue weighted by Gasteiger charge is -2.20. The molecule has 0 N–H and O–H groups in total. The Labute approximate surface area is 149 Å². The summed E-state index contributed by atoms with van der Waals surface area (Å²) in [6.07, 6.45) is 6.53. The third kappa shape index (κ3) is 4.12. The van der Waals surface area contributed by atoms with Crippen molar-refractivity contribution < 1.29 is 4.74 Å². The van der Waals surface area contributed by atoms with E-state index in [0.29, 0.717) is 12.5 Å². The van der Waals surface area contributed by atoms with Crippen LogP contribution >= 0.6 is 11.8 Å². The first kappa shape index (κ1) is 17.3. The van der Waals surface area contributed by atoms with Gasteiger partial charge in [0.25, 0.3) is 0 Å². The first-order chi connectivity index (χ1) is 11.6. The van der Waals surface area contributed by atoms with Gasteiger partial charge in [0.15, 0.2) is 5.16 Å². The van der Waals surface area contributed by atoms with E-state index < -0.39 is 0 Å². The highest BCUT2D eigenvalue weighted by atomic mass is 32.2. The van der Waals surface area contributed by atoms with E-state index in [0.717, 1.165) is 22.5 Å². The van der Waals surface area contributed by atoms with Crippen LogP contribution in [0.3, 0.4) is 0 Å². The van der Waals surface area contributed by atoms with Gasteiger partial charge in [-0.2, -0.15) is 0 Å². The molecule has 0 amide bonds. The fourth-order valence-corrected chi connectivity index (χ4v) is 4.00. The second kappa shape index (κ2) is 8.06. The van der Waals surface area contributed by atoms with Crippen LogP contribution in [0.4, 0.5) is 0 Å². The number of ether oxygens (including phenoxy) is 1. The molecule has 0 atom stereocenters. The van der Waals surface area contributed by atoms with Gasteiger partial charge in [-0.1, -0.05) is 37.1 Å². The second-order valence-electron chi connectivity index (χ2n) is 6.68.